The van der Waals surface area contributed by atoms with Crippen LogP contribution in [0.3, 0.4) is 0 Å². The lowest BCUT2D eigenvalue weighted by Crippen LogP contribution is -2.23. The average molecular weight is 208 g/mol. The van der Waals surface area contributed by atoms with E-state index in [2.05, 4.69) is 6.07 Å². The van der Waals surface area contributed by atoms with Crippen molar-refractivity contribution in [3.8, 4) is 0 Å². The number of hydrogen-bond acceptors (Lipinski definition) is 2. The number of aryl methyl sites for hydroxylation is 2. The fraction of sp³-hybridized carbons (Fsp3) is 0.538. The van der Waals surface area contributed by atoms with Crippen LogP contribution >= 0.6 is 0 Å². The standard InChI is InChI=1S/C13H20O2/c1-10-7-11(2)9-12(8-10)13(3,14)5-6-15-4/h7-9,14H,5-6H2,1-4H3. The first kappa shape index (κ1) is 12.2. The zero-order chi connectivity index (χ0) is 11.5. The fourth-order valence-corrected chi connectivity index (χ4v) is 1.73. The van der Waals surface area contributed by atoms with E-state index in [4.69, 9.17) is 4.74 Å². The lowest BCUT2D eigenvalue weighted by atomic mass is 9.90. The maximum absolute atomic E-state index is 10.3. The Morgan fingerprint density at radius 3 is 2.20 bits per heavy atom. The van der Waals surface area contributed by atoms with E-state index in [-0.39, 0.29) is 0 Å². The third-order valence-corrected chi connectivity index (χ3v) is 2.64. The van der Waals surface area contributed by atoms with Crippen LogP contribution in [0.2, 0.25) is 0 Å². The molecule has 0 bridgehead atoms. The molecular weight excluding hydrogens is 188 g/mol. The van der Waals surface area contributed by atoms with Gasteiger partial charge in [0.05, 0.1) is 5.60 Å². The molecule has 2 heteroatoms. The number of methoxy groups -OCH3 is 1. The molecule has 15 heavy (non-hydrogen) atoms. The van der Waals surface area contributed by atoms with Crippen LogP contribution in [0.15, 0.2) is 18.2 Å². The Kier molecular flexibility index (Phi) is 3.89. The summed E-state index contributed by atoms with van der Waals surface area (Å²) in [6, 6.07) is 6.17. The molecule has 0 aromatic heterocycles. The average Bonchev–Trinajstić information content (AvgIpc) is 2.13. The molecule has 1 rings (SSSR count). The molecule has 1 aromatic carbocycles. The van der Waals surface area contributed by atoms with Crippen molar-refractivity contribution in [2.24, 2.45) is 0 Å². The zero-order valence-corrected chi connectivity index (χ0v) is 10.0. The van der Waals surface area contributed by atoms with Crippen LogP contribution in [-0.4, -0.2) is 18.8 Å². The molecule has 1 aromatic rings. The minimum Gasteiger partial charge on any atom is -0.385 e. The van der Waals surface area contributed by atoms with Crippen LogP contribution in [0.1, 0.15) is 30.0 Å². The molecule has 1 N–H and O–H groups in total. The lowest BCUT2D eigenvalue weighted by Gasteiger charge is -2.24. The largest absolute Gasteiger partial charge is 0.385 e. The van der Waals surface area contributed by atoms with E-state index in [9.17, 15) is 5.11 Å². The number of hydrogen-bond donors (Lipinski definition) is 1. The second kappa shape index (κ2) is 4.77. The first-order valence-electron chi connectivity index (χ1n) is 5.26. The molecule has 0 saturated carbocycles. The van der Waals surface area contributed by atoms with E-state index >= 15 is 0 Å². The molecule has 0 aliphatic carbocycles. The number of ether oxygens (including phenoxy) is 1. The Labute approximate surface area is 91.9 Å². The second-order valence-corrected chi connectivity index (χ2v) is 4.39. The van der Waals surface area contributed by atoms with Gasteiger partial charge in [0.25, 0.3) is 0 Å². The van der Waals surface area contributed by atoms with Gasteiger partial charge in [-0.2, -0.15) is 0 Å². The van der Waals surface area contributed by atoms with Gasteiger partial charge in [0.2, 0.25) is 0 Å². The Bertz CT molecular complexity index is 309. The smallest absolute Gasteiger partial charge is 0.0890 e. The van der Waals surface area contributed by atoms with Gasteiger partial charge in [-0.05, 0) is 26.3 Å². The van der Waals surface area contributed by atoms with Gasteiger partial charge in [-0.1, -0.05) is 29.3 Å². The summed E-state index contributed by atoms with van der Waals surface area (Å²) >= 11 is 0. The highest BCUT2D eigenvalue weighted by molar-refractivity contribution is 5.32. The molecule has 0 aliphatic heterocycles. The van der Waals surface area contributed by atoms with E-state index in [1.807, 2.05) is 32.9 Å². The normalized spacial score (nSPS) is 15.0. The number of benzene rings is 1. The molecular formula is C13H20O2. The zero-order valence-electron chi connectivity index (χ0n) is 10.0. The third-order valence-electron chi connectivity index (χ3n) is 2.64. The molecule has 84 valence electrons. The minimum absolute atomic E-state index is 0.569. The van der Waals surface area contributed by atoms with Crippen LogP contribution in [0.25, 0.3) is 0 Å². The molecule has 2 nitrogen and oxygen atoms in total. The molecule has 0 spiro atoms. The van der Waals surface area contributed by atoms with Crippen LogP contribution in [0.5, 0.6) is 0 Å². The lowest BCUT2D eigenvalue weighted by molar-refractivity contribution is 0.0209. The highest BCUT2D eigenvalue weighted by Crippen LogP contribution is 2.26. The van der Waals surface area contributed by atoms with E-state index in [0.717, 1.165) is 5.56 Å². The number of aliphatic hydroxyl groups is 1. The van der Waals surface area contributed by atoms with Crippen molar-refractivity contribution in [1.29, 1.82) is 0 Å². The minimum atomic E-state index is -0.799. The van der Waals surface area contributed by atoms with E-state index in [0.29, 0.717) is 13.0 Å². The summed E-state index contributed by atoms with van der Waals surface area (Å²) in [7, 11) is 1.65. The van der Waals surface area contributed by atoms with Crippen molar-refractivity contribution >= 4 is 0 Å². The van der Waals surface area contributed by atoms with Gasteiger partial charge in [0.1, 0.15) is 0 Å². The predicted molar refractivity (Wildman–Crippen MR) is 62.0 cm³/mol. The van der Waals surface area contributed by atoms with Crippen LogP contribution in [0.4, 0.5) is 0 Å². The van der Waals surface area contributed by atoms with Gasteiger partial charge in [-0.15, -0.1) is 0 Å². The third kappa shape index (κ3) is 3.33. The van der Waals surface area contributed by atoms with E-state index < -0.39 is 5.60 Å². The molecule has 0 saturated heterocycles. The summed E-state index contributed by atoms with van der Waals surface area (Å²) in [5, 5.41) is 10.3. The summed E-state index contributed by atoms with van der Waals surface area (Å²) in [6.07, 6.45) is 0.617. The molecule has 0 amide bonds. The molecule has 0 fully saturated rings. The van der Waals surface area contributed by atoms with Crippen molar-refractivity contribution in [3.63, 3.8) is 0 Å². The maximum atomic E-state index is 10.3. The SMILES string of the molecule is COCCC(C)(O)c1cc(C)cc(C)c1. The fourth-order valence-electron chi connectivity index (χ4n) is 1.73. The predicted octanol–water partition coefficient (Wildman–Crippen LogP) is 2.55. The first-order chi connectivity index (χ1) is 6.95. The van der Waals surface area contributed by atoms with Crippen LogP contribution < -0.4 is 0 Å². The van der Waals surface area contributed by atoms with Crippen molar-refractivity contribution in [1.82, 2.24) is 0 Å². The highest BCUT2D eigenvalue weighted by Gasteiger charge is 2.22. The molecule has 0 aliphatic rings. The Morgan fingerprint density at radius 2 is 1.73 bits per heavy atom. The summed E-state index contributed by atoms with van der Waals surface area (Å²) in [4.78, 5) is 0. The molecule has 1 unspecified atom stereocenters. The first-order valence-corrected chi connectivity index (χ1v) is 5.26. The van der Waals surface area contributed by atoms with Gasteiger partial charge in [0.15, 0.2) is 0 Å². The summed E-state index contributed by atoms with van der Waals surface area (Å²) < 4.78 is 5.00. The Balaban J connectivity index is 2.93. The molecule has 0 radical (unpaired) electrons. The van der Waals surface area contributed by atoms with Gasteiger partial charge < -0.3 is 9.84 Å². The van der Waals surface area contributed by atoms with Gasteiger partial charge in [0, 0.05) is 20.1 Å². The van der Waals surface area contributed by atoms with Crippen molar-refractivity contribution in [2.75, 3.05) is 13.7 Å². The molecule has 0 heterocycles. The van der Waals surface area contributed by atoms with E-state index in [1.54, 1.807) is 7.11 Å². The van der Waals surface area contributed by atoms with Crippen LogP contribution in [-0.2, 0) is 10.3 Å². The Morgan fingerprint density at radius 1 is 1.20 bits per heavy atom. The van der Waals surface area contributed by atoms with Gasteiger partial charge >= 0.3 is 0 Å². The van der Waals surface area contributed by atoms with E-state index in [1.165, 1.54) is 11.1 Å². The quantitative estimate of drug-likeness (QED) is 0.824. The summed E-state index contributed by atoms with van der Waals surface area (Å²) in [6.45, 7) is 6.49. The van der Waals surface area contributed by atoms with Crippen LogP contribution in [0, 0.1) is 13.8 Å². The highest BCUT2D eigenvalue weighted by atomic mass is 16.5. The maximum Gasteiger partial charge on any atom is 0.0890 e. The Hall–Kier alpha value is -0.860. The second-order valence-electron chi connectivity index (χ2n) is 4.39. The number of rotatable bonds is 4. The topological polar surface area (TPSA) is 29.5 Å². The summed E-state index contributed by atoms with van der Waals surface area (Å²) in [5.41, 5.74) is 2.54. The van der Waals surface area contributed by atoms with Crippen molar-refractivity contribution < 1.29 is 9.84 Å². The monoisotopic (exact) mass is 208 g/mol. The molecule has 1 atom stereocenters. The van der Waals surface area contributed by atoms with Gasteiger partial charge in [-0.3, -0.25) is 0 Å². The summed E-state index contributed by atoms with van der Waals surface area (Å²) in [5.74, 6) is 0. The van der Waals surface area contributed by atoms with Gasteiger partial charge in [-0.25, -0.2) is 0 Å². The van der Waals surface area contributed by atoms with Crippen molar-refractivity contribution in [3.05, 3.63) is 34.9 Å². The van der Waals surface area contributed by atoms with Crippen molar-refractivity contribution in [2.45, 2.75) is 32.8 Å².